The monoisotopic (exact) mass is 403 g/mol. The van der Waals surface area contributed by atoms with Crippen LogP contribution in [0.1, 0.15) is 23.7 Å². The molecule has 0 amide bonds. The first-order valence-electron chi connectivity index (χ1n) is 8.32. The number of pyridine rings is 1. The Morgan fingerprint density at radius 2 is 1.85 bits per heavy atom. The smallest absolute Gasteiger partial charge is 0.341 e. The molecule has 0 aliphatic carbocycles. The van der Waals surface area contributed by atoms with Gasteiger partial charge in [0.2, 0.25) is 5.43 Å². The van der Waals surface area contributed by atoms with Gasteiger partial charge in [0.25, 0.3) is 0 Å². The molecule has 0 spiro atoms. The molecule has 2 aromatic rings. The summed E-state index contributed by atoms with van der Waals surface area (Å²) in [7, 11) is 0. The van der Waals surface area contributed by atoms with Crippen molar-refractivity contribution >= 4 is 35.0 Å². The predicted octanol–water partition coefficient (Wildman–Crippen LogP) is 2.32. The van der Waals surface area contributed by atoms with Crippen LogP contribution >= 0.6 is 12.4 Å². The van der Waals surface area contributed by atoms with Gasteiger partial charge in [-0.15, -0.1) is 12.4 Å². The number of carboxylic acids is 1. The zero-order chi connectivity index (χ0) is 19.0. The molecule has 0 radical (unpaired) electrons. The van der Waals surface area contributed by atoms with Crippen LogP contribution in [0, 0.1) is 11.6 Å². The Hall–Kier alpha value is -2.23. The first-order chi connectivity index (χ1) is 12.3. The lowest BCUT2D eigenvalue weighted by atomic mass is 10.1. The van der Waals surface area contributed by atoms with E-state index in [1.54, 1.807) is 0 Å². The number of fused-ring (bicyclic) bond motifs is 1. The molecule has 1 aromatic carbocycles. The van der Waals surface area contributed by atoms with Crippen LogP contribution in [0.4, 0.5) is 14.5 Å². The van der Waals surface area contributed by atoms with Crippen LogP contribution in [0.5, 0.6) is 0 Å². The molecule has 1 aliphatic rings. The Kier molecular flexibility index (Phi) is 6.40. The number of piperazine rings is 1. The van der Waals surface area contributed by atoms with E-state index in [-0.39, 0.29) is 61.7 Å². The molecule has 0 bridgehead atoms. The standard InChI is InChI=1S/C17H19F2N3O4.ClH/c1-2-3-21-9-11(17(24)25)16(23)10-8-12(18)15(13(19)14(10)21)20-4-6-22(26)7-5-20;/h8-9,26H,2-7H2,1H3,(H,24,25);1H. The second kappa shape index (κ2) is 8.20. The molecule has 0 atom stereocenters. The number of carbonyl (C=O) groups is 1. The fraction of sp³-hybridized carbons (Fsp3) is 0.412. The molecule has 0 saturated carbocycles. The van der Waals surface area contributed by atoms with E-state index in [1.807, 2.05) is 6.92 Å². The van der Waals surface area contributed by atoms with Crippen LogP contribution in [-0.2, 0) is 6.54 Å². The summed E-state index contributed by atoms with van der Waals surface area (Å²) in [5, 5.41) is 19.4. The third-order valence-electron chi connectivity index (χ3n) is 4.50. The number of aromatic carboxylic acids is 1. The van der Waals surface area contributed by atoms with Crippen LogP contribution in [0.25, 0.3) is 10.9 Å². The Morgan fingerprint density at radius 1 is 1.22 bits per heavy atom. The van der Waals surface area contributed by atoms with E-state index in [4.69, 9.17) is 0 Å². The topological polar surface area (TPSA) is 86.0 Å². The average molecular weight is 404 g/mol. The highest BCUT2D eigenvalue weighted by Gasteiger charge is 2.26. The minimum absolute atomic E-state index is 0. The maximum Gasteiger partial charge on any atom is 0.341 e. The van der Waals surface area contributed by atoms with Gasteiger partial charge < -0.3 is 19.8 Å². The summed E-state index contributed by atoms with van der Waals surface area (Å²) in [6.45, 7) is 3.02. The van der Waals surface area contributed by atoms with E-state index in [2.05, 4.69) is 0 Å². The number of anilines is 1. The largest absolute Gasteiger partial charge is 0.477 e. The molecule has 27 heavy (non-hydrogen) atoms. The third-order valence-corrected chi connectivity index (χ3v) is 4.50. The Balaban J connectivity index is 0.00000261. The summed E-state index contributed by atoms with van der Waals surface area (Å²) >= 11 is 0. The highest BCUT2D eigenvalue weighted by Crippen LogP contribution is 2.30. The van der Waals surface area contributed by atoms with E-state index in [9.17, 15) is 24.3 Å². The fourth-order valence-corrected chi connectivity index (χ4v) is 3.26. The highest BCUT2D eigenvalue weighted by atomic mass is 35.5. The molecular formula is C17H20ClF2N3O4. The van der Waals surface area contributed by atoms with Crippen molar-refractivity contribution in [3.8, 4) is 0 Å². The Morgan fingerprint density at radius 3 is 2.41 bits per heavy atom. The van der Waals surface area contributed by atoms with E-state index >= 15 is 4.39 Å². The van der Waals surface area contributed by atoms with Crippen LogP contribution < -0.4 is 10.3 Å². The number of benzene rings is 1. The first-order valence-corrected chi connectivity index (χ1v) is 8.32. The van der Waals surface area contributed by atoms with Gasteiger partial charge in [-0.1, -0.05) is 6.92 Å². The van der Waals surface area contributed by atoms with Gasteiger partial charge in [0, 0.05) is 38.9 Å². The van der Waals surface area contributed by atoms with Gasteiger partial charge in [0.1, 0.15) is 17.1 Å². The lowest BCUT2D eigenvalue weighted by Crippen LogP contribution is -2.45. The van der Waals surface area contributed by atoms with Crippen molar-refractivity contribution < 1.29 is 23.9 Å². The van der Waals surface area contributed by atoms with Gasteiger partial charge in [-0.3, -0.25) is 4.79 Å². The lowest BCUT2D eigenvalue weighted by molar-refractivity contribution is -0.0936. The lowest BCUT2D eigenvalue weighted by Gasteiger charge is -2.33. The van der Waals surface area contributed by atoms with Gasteiger partial charge in [0.05, 0.1) is 10.9 Å². The second-order valence-corrected chi connectivity index (χ2v) is 6.23. The number of rotatable bonds is 4. The predicted molar refractivity (Wildman–Crippen MR) is 98.2 cm³/mol. The van der Waals surface area contributed by atoms with Gasteiger partial charge in [-0.25, -0.2) is 13.6 Å². The maximum absolute atomic E-state index is 15.2. The minimum Gasteiger partial charge on any atom is -0.477 e. The van der Waals surface area contributed by atoms with Gasteiger partial charge in [-0.05, 0) is 12.5 Å². The molecule has 7 nitrogen and oxygen atoms in total. The molecule has 1 fully saturated rings. The molecule has 1 aliphatic heterocycles. The van der Waals surface area contributed by atoms with Crippen molar-refractivity contribution in [2.24, 2.45) is 0 Å². The molecule has 2 N–H and O–H groups in total. The SMILES string of the molecule is CCCn1cc(C(=O)O)c(=O)c2cc(F)c(N3CCN(O)CC3)c(F)c21.Cl. The highest BCUT2D eigenvalue weighted by molar-refractivity contribution is 5.93. The normalized spacial score (nSPS) is 15.0. The summed E-state index contributed by atoms with van der Waals surface area (Å²) in [4.78, 5) is 25.2. The quantitative estimate of drug-likeness (QED) is 0.814. The fourth-order valence-electron chi connectivity index (χ4n) is 3.26. The first kappa shape index (κ1) is 21.1. The molecule has 10 heteroatoms. The third kappa shape index (κ3) is 3.76. The zero-order valence-electron chi connectivity index (χ0n) is 14.6. The number of nitrogens with zero attached hydrogens (tertiary/aromatic N) is 3. The van der Waals surface area contributed by atoms with Crippen molar-refractivity contribution in [2.75, 3.05) is 31.1 Å². The molecule has 148 valence electrons. The van der Waals surface area contributed by atoms with Crippen molar-refractivity contribution in [2.45, 2.75) is 19.9 Å². The number of aromatic nitrogens is 1. The molecule has 1 aromatic heterocycles. The summed E-state index contributed by atoms with van der Waals surface area (Å²) in [6.07, 6.45) is 1.68. The molecule has 2 heterocycles. The number of hydroxylamine groups is 2. The van der Waals surface area contributed by atoms with Gasteiger partial charge in [-0.2, -0.15) is 5.06 Å². The Labute approximate surface area is 159 Å². The van der Waals surface area contributed by atoms with Crippen LogP contribution in [0.2, 0.25) is 0 Å². The average Bonchev–Trinajstić information content (AvgIpc) is 2.58. The van der Waals surface area contributed by atoms with Crippen molar-refractivity contribution in [3.05, 3.63) is 39.7 Å². The summed E-state index contributed by atoms with van der Waals surface area (Å²) in [6, 6.07) is 0.903. The maximum atomic E-state index is 15.2. The zero-order valence-corrected chi connectivity index (χ0v) is 15.4. The summed E-state index contributed by atoms with van der Waals surface area (Å²) in [5.41, 5.74) is -1.81. The van der Waals surface area contributed by atoms with Crippen LogP contribution in [-0.4, -0.2) is 52.1 Å². The van der Waals surface area contributed by atoms with Crippen LogP contribution in [0.15, 0.2) is 17.1 Å². The molecule has 1 saturated heterocycles. The minimum atomic E-state index is -1.44. The van der Waals surface area contributed by atoms with Crippen molar-refractivity contribution in [3.63, 3.8) is 0 Å². The number of halogens is 3. The van der Waals surface area contributed by atoms with E-state index < -0.39 is 28.6 Å². The van der Waals surface area contributed by atoms with E-state index in [0.717, 1.165) is 17.3 Å². The number of aryl methyl sites for hydroxylation is 1. The van der Waals surface area contributed by atoms with Crippen molar-refractivity contribution in [1.29, 1.82) is 0 Å². The Bertz CT molecular complexity index is 927. The second-order valence-electron chi connectivity index (χ2n) is 6.23. The van der Waals surface area contributed by atoms with Gasteiger partial charge in [0.15, 0.2) is 5.82 Å². The molecular weight excluding hydrogens is 384 g/mol. The van der Waals surface area contributed by atoms with Crippen molar-refractivity contribution in [1.82, 2.24) is 9.63 Å². The van der Waals surface area contributed by atoms with E-state index in [0.29, 0.717) is 6.42 Å². The number of carboxylic acid groups (broad SMARTS) is 1. The van der Waals surface area contributed by atoms with Crippen LogP contribution in [0.3, 0.4) is 0 Å². The summed E-state index contributed by atoms with van der Waals surface area (Å²) in [5.74, 6) is -3.26. The van der Waals surface area contributed by atoms with E-state index in [1.165, 1.54) is 9.47 Å². The number of hydrogen-bond donors (Lipinski definition) is 2. The number of hydrogen-bond acceptors (Lipinski definition) is 5. The van der Waals surface area contributed by atoms with Gasteiger partial charge >= 0.3 is 5.97 Å². The molecule has 0 unspecified atom stereocenters. The molecule has 3 rings (SSSR count). The summed E-state index contributed by atoms with van der Waals surface area (Å²) < 4.78 is 31.2.